The molecule has 0 atom stereocenters. The Morgan fingerprint density at radius 1 is 1.12 bits per heavy atom. The third-order valence-corrected chi connectivity index (χ3v) is 5.89. The Morgan fingerprint density at radius 2 is 1.76 bits per heavy atom. The van der Waals surface area contributed by atoms with E-state index in [1.165, 1.54) is 16.8 Å². The third-order valence-electron chi connectivity index (χ3n) is 4.83. The van der Waals surface area contributed by atoms with Gasteiger partial charge in [0.25, 0.3) is 5.56 Å². The third kappa shape index (κ3) is 4.98. The van der Waals surface area contributed by atoms with Gasteiger partial charge in [0.2, 0.25) is 0 Å². The number of hydrogen-bond acceptors (Lipinski definition) is 5. The SMILES string of the molecule is CC(C)c1nn(-c2c(Cl)cccc2Cl)c2nc(Cc3ccc(OP(=O)(O)O)cc3)[nH]c(=O)c12. The summed E-state index contributed by atoms with van der Waals surface area (Å²) in [4.78, 5) is 38.3. The second-order valence-electron chi connectivity index (χ2n) is 7.64. The van der Waals surface area contributed by atoms with Gasteiger partial charge in [0.15, 0.2) is 5.65 Å². The molecule has 0 bridgehead atoms. The van der Waals surface area contributed by atoms with E-state index in [-0.39, 0.29) is 23.6 Å². The molecule has 2 aromatic heterocycles. The number of aromatic nitrogens is 4. The zero-order valence-electron chi connectivity index (χ0n) is 17.5. The number of nitrogens with zero attached hydrogens (tertiary/aromatic N) is 3. The summed E-state index contributed by atoms with van der Waals surface area (Å²) < 4.78 is 17.0. The second-order valence-corrected chi connectivity index (χ2v) is 9.61. The predicted molar refractivity (Wildman–Crippen MR) is 126 cm³/mol. The van der Waals surface area contributed by atoms with Gasteiger partial charge in [0.1, 0.15) is 22.6 Å². The smallest absolute Gasteiger partial charge is 0.404 e. The molecule has 33 heavy (non-hydrogen) atoms. The van der Waals surface area contributed by atoms with Crippen molar-refractivity contribution in [3.05, 3.63) is 79.9 Å². The Morgan fingerprint density at radius 3 is 2.33 bits per heavy atom. The van der Waals surface area contributed by atoms with E-state index in [1.807, 2.05) is 13.8 Å². The molecule has 0 fully saturated rings. The summed E-state index contributed by atoms with van der Waals surface area (Å²) in [6.07, 6.45) is 0.250. The molecule has 0 saturated carbocycles. The Balaban J connectivity index is 1.81. The van der Waals surface area contributed by atoms with Crippen molar-refractivity contribution in [2.24, 2.45) is 0 Å². The first kappa shape index (κ1) is 23.5. The van der Waals surface area contributed by atoms with Crippen LogP contribution in [0.15, 0.2) is 47.3 Å². The summed E-state index contributed by atoms with van der Waals surface area (Å²) in [6, 6.07) is 11.2. The molecule has 2 heterocycles. The summed E-state index contributed by atoms with van der Waals surface area (Å²) in [5.74, 6) is 0.345. The van der Waals surface area contributed by atoms with Gasteiger partial charge < -0.3 is 9.51 Å². The maximum atomic E-state index is 13.0. The first-order valence-corrected chi connectivity index (χ1v) is 12.1. The van der Waals surface area contributed by atoms with E-state index in [9.17, 15) is 9.36 Å². The van der Waals surface area contributed by atoms with Crippen molar-refractivity contribution >= 4 is 42.1 Å². The highest BCUT2D eigenvalue weighted by molar-refractivity contribution is 7.46. The standard InChI is InChI=1S/C21H19Cl2N4O5P/c1-11(2)18-17-20(27(26-18)19-14(22)4-3-5-15(19)23)24-16(25-21(17)28)10-12-6-8-13(9-7-12)32-33(29,30)31/h3-9,11H,10H2,1-2H3,(H,24,25,28)(H2,29,30,31). The molecule has 12 heteroatoms. The van der Waals surface area contributed by atoms with Crippen LogP contribution in [0, 0.1) is 0 Å². The average Bonchev–Trinajstić information content (AvgIpc) is 3.08. The van der Waals surface area contributed by atoms with Crippen molar-refractivity contribution in [3.63, 3.8) is 0 Å². The van der Waals surface area contributed by atoms with E-state index < -0.39 is 7.82 Å². The number of hydrogen-bond donors (Lipinski definition) is 3. The van der Waals surface area contributed by atoms with Gasteiger partial charge in [0, 0.05) is 6.42 Å². The number of phosphoric acid groups is 1. The quantitative estimate of drug-likeness (QED) is 0.324. The topological polar surface area (TPSA) is 130 Å². The monoisotopic (exact) mass is 508 g/mol. The van der Waals surface area contributed by atoms with Crippen molar-refractivity contribution in [2.45, 2.75) is 26.2 Å². The van der Waals surface area contributed by atoms with E-state index in [0.29, 0.717) is 38.3 Å². The van der Waals surface area contributed by atoms with Crippen LogP contribution >= 0.6 is 31.0 Å². The van der Waals surface area contributed by atoms with E-state index in [1.54, 1.807) is 30.3 Å². The van der Waals surface area contributed by atoms with Crippen LogP contribution in [-0.2, 0) is 11.0 Å². The molecule has 9 nitrogen and oxygen atoms in total. The number of fused-ring (bicyclic) bond motifs is 1. The van der Waals surface area contributed by atoms with Gasteiger partial charge in [-0.2, -0.15) is 5.10 Å². The van der Waals surface area contributed by atoms with Crippen LogP contribution in [0.4, 0.5) is 0 Å². The highest BCUT2D eigenvalue weighted by Crippen LogP contribution is 2.37. The Kier molecular flexibility index (Phi) is 6.35. The minimum atomic E-state index is -4.64. The van der Waals surface area contributed by atoms with Gasteiger partial charge in [-0.1, -0.05) is 55.2 Å². The van der Waals surface area contributed by atoms with Gasteiger partial charge in [-0.05, 0) is 35.7 Å². The van der Waals surface area contributed by atoms with Crippen LogP contribution in [0.5, 0.6) is 5.75 Å². The molecule has 0 unspecified atom stereocenters. The van der Waals surface area contributed by atoms with E-state index in [0.717, 1.165) is 5.56 Å². The molecule has 0 amide bonds. The maximum Gasteiger partial charge on any atom is 0.524 e. The van der Waals surface area contributed by atoms with E-state index in [4.69, 9.17) is 33.0 Å². The van der Waals surface area contributed by atoms with Gasteiger partial charge in [-0.25, -0.2) is 14.2 Å². The van der Waals surface area contributed by atoms with Gasteiger partial charge >= 0.3 is 7.82 Å². The average molecular weight is 509 g/mol. The summed E-state index contributed by atoms with van der Waals surface area (Å²) in [5.41, 5.74) is 1.73. The van der Waals surface area contributed by atoms with Crippen LogP contribution in [0.3, 0.4) is 0 Å². The zero-order chi connectivity index (χ0) is 23.9. The summed E-state index contributed by atoms with van der Waals surface area (Å²) in [7, 11) is -4.64. The molecule has 0 aliphatic rings. The number of benzene rings is 2. The first-order chi connectivity index (χ1) is 15.5. The van der Waals surface area contributed by atoms with Crippen molar-refractivity contribution in [1.82, 2.24) is 19.7 Å². The summed E-state index contributed by atoms with van der Waals surface area (Å²) in [5, 5.41) is 5.70. The van der Waals surface area contributed by atoms with Crippen LogP contribution in [-0.4, -0.2) is 29.5 Å². The lowest BCUT2D eigenvalue weighted by molar-refractivity contribution is 0.283. The predicted octanol–water partition coefficient (Wildman–Crippen LogP) is 4.60. The first-order valence-electron chi connectivity index (χ1n) is 9.84. The Bertz CT molecular complexity index is 1420. The highest BCUT2D eigenvalue weighted by Gasteiger charge is 2.22. The fraction of sp³-hybridized carbons (Fsp3) is 0.190. The molecule has 172 valence electrons. The minimum absolute atomic E-state index is 0.0250. The molecular weight excluding hydrogens is 490 g/mol. The van der Waals surface area contributed by atoms with E-state index in [2.05, 4.69) is 19.6 Å². The molecular formula is C21H19Cl2N4O5P. The van der Waals surface area contributed by atoms with Gasteiger partial charge in [-0.15, -0.1) is 0 Å². The van der Waals surface area contributed by atoms with Crippen molar-refractivity contribution in [2.75, 3.05) is 0 Å². The molecule has 0 aliphatic carbocycles. The van der Waals surface area contributed by atoms with E-state index >= 15 is 0 Å². The number of aromatic amines is 1. The number of H-pyrrole nitrogens is 1. The number of rotatable bonds is 6. The molecule has 0 aliphatic heterocycles. The van der Waals surface area contributed by atoms with Crippen LogP contribution in [0.25, 0.3) is 16.7 Å². The zero-order valence-corrected chi connectivity index (χ0v) is 19.9. The molecule has 0 spiro atoms. The lowest BCUT2D eigenvalue weighted by atomic mass is 10.1. The Labute approximate surface area is 198 Å². The normalized spacial score (nSPS) is 12.0. The van der Waals surface area contributed by atoms with Crippen molar-refractivity contribution in [3.8, 4) is 11.4 Å². The van der Waals surface area contributed by atoms with Crippen molar-refractivity contribution in [1.29, 1.82) is 0 Å². The highest BCUT2D eigenvalue weighted by atomic mass is 35.5. The van der Waals surface area contributed by atoms with Crippen LogP contribution in [0.2, 0.25) is 10.0 Å². The largest absolute Gasteiger partial charge is 0.524 e. The fourth-order valence-electron chi connectivity index (χ4n) is 3.43. The fourth-order valence-corrected chi connectivity index (χ4v) is 4.38. The van der Waals surface area contributed by atoms with Gasteiger partial charge in [0.05, 0.1) is 15.7 Å². The minimum Gasteiger partial charge on any atom is -0.404 e. The summed E-state index contributed by atoms with van der Waals surface area (Å²) >= 11 is 12.8. The number of nitrogens with one attached hydrogen (secondary N) is 1. The molecule has 0 radical (unpaired) electrons. The molecule has 0 saturated heterocycles. The molecule has 4 aromatic rings. The van der Waals surface area contributed by atoms with Crippen LogP contribution in [0.1, 0.15) is 36.8 Å². The second kappa shape index (κ2) is 8.93. The van der Waals surface area contributed by atoms with Crippen molar-refractivity contribution < 1.29 is 18.9 Å². The number of para-hydroxylation sites is 1. The van der Waals surface area contributed by atoms with Gasteiger partial charge in [-0.3, -0.25) is 14.6 Å². The Hall–Kier alpha value is -2.68. The lowest BCUT2D eigenvalue weighted by Gasteiger charge is -2.09. The number of halogens is 2. The molecule has 3 N–H and O–H groups in total. The molecule has 2 aromatic carbocycles. The number of phosphoric ester groups is 1. The lowest BCUT2D eigenvalue weighted by Crippen LogP contribution is -2.14. The summed E-state index contributed by atoms with van der Waals surface area (Å²) in [6.45, 7) is 3.85. The molecule has 4 rings (SSSR count). The maximum absolute atomic E-state index is 13.0. The van der Waals surface area contributed by atoms with Crippen LogP contribution < -0.4 is 10.1 Å².